The van der Waals surface area contributed by atoms with E-state index in [0.717, 1.165) is 11.5 Å². The summed E-state index contributed by atoms with van der Waals surface area (Å²) in [6.07, 6.45) is -2.64. The van der Waals surface area contributed by atoms with Crippen LogP contribution in [-0.4, -0.2) is 53.8 Å². The number of rotatable bonds is 2. The highest BCUT2D eigenvalue weighted by molar-refractivity contribution is 5.39. The van der Waals surface area contributed by atoms with Gasteiger partial charge in [0.1, 0.15) is 12.1 Å². The van der Waals surface area contributed by atoms with Gasteiger partial charge in [0, 0.05) is 37.9 Å². The molecule has 1 aliphatic heterocycles. The minimum atomic E-state index is -4.12. The first-order valence-corrected chi connectivity index (χ1v) is 6.77. The smallest absolute Gasteiger partial charge is 0.354 e. The van der Waals surface area contributed by atoms with Gasteiger partial charge in [-0.2, -0.15) is 13.2 Å². The molecule has 0 bridgehead atoms. The fraction of sp³-hybridized carbons (Fsp3) is 0.692. The van der Waals surface area contributed by atoms with E-state index in [9.17, 15) is 13.2 Å². The van der Waals surface area contributed by atoms with E-state index in [-0.39, 0.29) is 0 Å². The Labute approximate surface area is 117 Å². The molecule has 1 saturated heterocycles. The van der Waals surface area contributed by atoms with Crippen molar-refractivity contribution in [1.29, 1.82) is 0 Å². The molecule has 4 nitrogen and oxygen atoms in total. The molecule has 2 heterocycles. The first kappa shape index (κ1) is 16.7. The molecule has 0 aromatic carbocycles. The van der Waals surface area contributed by atoms with Crippen LogP contribution >= 0.6 is 0 Å². The Morgan fingerprint density at radius 2 is 1.70 bits per heavy atom. The Morgan fingerprint density at radius 3 is 2.20 bits per heavy atom. The van der Waals surface area contributed by atoms with Gasteiger partial charge in [-0.25, -0.2) is 9.97 Å². The Hall–Kier alpha value is -1.37. The standard InChI is InChI=1S/C11H15F3N4.C2H6/c1-9-6-10(16-8-15-9)18-4-2-17(3-5-18)7-11(12,13)14;1-2/h6,8H,2-5,7H2,1H3;1-2H3. The highest BCUT2D eigenvalue weighted by Crippen LogP contribution is 2.19. The summed E-state index contributed by atoms with van der Waals surface area (Å²) in [6, 6.07) is 1.85. The molecule has 20 heavy (non-hydrogen) atoms. The molecule has 2 rings (SSSR count). The van der Waals surface area contributed by atoms with Crippen LogP contribution in [0.4, 0.5) is 19.0 Å². The van der Waals surface area contributed by atoms with Gasteiger partial charge in [0.25, 0.3) is 0 Å². The number of hydrogen-bond acceptors (Lipinski definition) is 4. The second-order valence-electron chi connectivity index (χ2n) is 4.40. The molecule has 0 aliphatic carbocycles. The summed E-state index contributed by atoms with van der Waals surface area (Å²) in [6.45, 7) is 6.97. The highest BCUT2D eigenvalue weighted by atomic mass is 19.4. The zero-order chi connectivity index (χ0) is 15.2. The molecule has 0 amide bonds. The van der Waals surface area contributed by atoms with Crippen LogP contribution in [0.15, 0.2) is 12.4 Å². The maximum absolute atomic E-state index is 12.2. The normalized spacial score (nSPS) is 16.6. The number of alkyl halides is 3. The largest absolute Gasteiger partial charge is 0.401 e. The average Bonchev–Trinajstić information content (AvgIpc) is 2.40. The van der Waals surface area contributed by atoms with Gasteiger partial charge in [-0.1, -0.05) is 13.8 Å². The van der Waals surface area contributed by atoms with Crippen molar-refractivity contribution in [2.45, 2.75) is 26.9 Å². The van der Waals surface area contributed by atoms with Crippen LogP contribution in [0, 0.1) is 6.92 Å². The van der Waals surface area contributed by atoms with Crippen molar-refractivity contribution in [1.82, 2.24) is 14.9 Å². The van der Waals surface area contributed by atoms with E-state index in [0.29, 0.717) is 26.2 Å². The molecule has 1 fully saturated rings. The first-order valence-electron chi connectivity index (χ1n) is 6.77. The molecular formula is C13H21F3N4. The van der Waals surface area contributed by atoms with Crippen LogP contribution in [0.25, 0.3) is 0 Å². The molecular weight excluding hydrogens is 269 g/mol. The second-order valence-corrected chi connectivity index (χ2v) is 4.40. The number of aryl methyl sites for hydroxylation is 1. The van der Waals surface area contributed by atoms with E-state index in [1.807, 2.05) is 31.7 Å². The molecule has 0 radical (unpaired) electrons. The number of halogens is 3. The molecule has 0 atom stereocenters. The van der Waals surface area contributed by atoms with E-state index < -0.39 is 12.7 Å². The predicted molar refractivity (Wildman–Crippen MR) is 72.8 cm³/mol. The summed E-state index contributed by atoms with van der Waals surface area (Å²) >= 11 is 0. The van der Waals surface area contributed by atoms with Crippen LogP contribution in [0.5, 0.6) is 0 Å². The predicted octanol–water partition coefficient (Wildman–Crippen LogP) is 2.50. The molecule has 0 N–H and O–H groups in total. The van der Waals surface area contributed by atoms with Gasteiger partial charge in [0.15, 0.2) is 0 Å². The van der Waals surface area contributed by atoms with E-state index in [1.54, 1.807) is 0 Å². The third kappa shape index (κ3) is 5.32. The number of anilines is 1. The molecule has 0 unspecified atom stereocenters. The van der Waals surface area contributed by atoms with Crippen molar-refractivity contribution in [3.05, 3.63) is 18.1 Å². The monoisotopic (exact) mass is 290 g/mol. The van der Waals surface area contributed by atoms with Gasteiger partial charge < -0.3 is 4.90 Å². The van der Waals surface area contributed by atoms with E-state index in [2.05, 4.69) is 9.97 Å². The van der Waals surface area contributed by atoms with Crippen molar-refractivity contribution in [2.75, 3.05) is 37.6 Å². The Morgan fingerprint density at radius 1 is 1.10 bits per heavy atom. The van der Waals surface area contributed by atoms with Crippen LogP contribution in [-0.2, 0) is 0 Å². The van der Waals surface area contributed by atoms with Crippen LogP contribution in [0.3, 0.4) is 0 Å². The van der Waals surface area contributed by atoms with Gasteiger partial charge in [-0.15, -0.1) is 0 Å². The fourth-order valence-corrected chi connectivity index (χ4v) is 2.00. The second kappa shape index (κ2) is 7.42. The number of piperazine rings is 1. The quantitative estimate of drug-likeness (QED) is 0.837. The van der Waals surface area contributed by atoms with Crippen molar-refractivity contribution >= 4 is 5.82 Å². The van der Waals surface area contributed by atoms with Gasteiger partial charge >= 0.3 is 6.18 Å². The molecule has 1 aliphatic rings. The minimum absolute atomic E-state index is 0.405. The summed E-state index contributed by atoms with van der Waals surface area (Å²) in [5, 5.41) is 0. The summed E-state index contributed by atoms with van der Waals surface area (Å²) in [5.74, 6) is 0.786. The lowest BCUT2D eigenvalue weighted by Crippen LogP contribution is -2.49. The zero-order valence-electron chi connectivity index (χ0n) is 12.1. The van der Waals surface area contributed by atoms with Crippen LogP contribution in [0.2, 0.25) is 0 Å². The van der Waals surface area contributed by atoms with Crippen molar-refractivity contribution in [2.24, 2.45) is 0 Å². The Bertz CT molecular complexity index is 401. The number of aromatic nitrogens is 2. The van der Waals surface area contributed by atoms with Gasteiger partial charge in [-0.05, 0) is 6.92 Å². The third-order valence-corrected chi connectivity index (χ3v) is 2.89. The fourth-order valence-electron chi connectivity index (χ4n) is 2.00. The lowest BCUT2D eigenvalue weighted by molar-refractivity contribution is -0.146. The first-order chi connectivity index (χ1) is 9.44. The topological polar surface area (TPSA) is 32.3 Å². The highest BCUT2D eigenvalue weighted by Gasteiger charge is 2.32. The van der Waals surface area contributed by atoms with Crippen LogP contribution in [0.1, 0.15) is 19.5 Å². The van der Waals surface area contributed by atoms with Crippen molar-refractivity contribution < 1.29 is 13.2 Å². The summed E-state index contributed by atoms with van der Waals surface area (Å²) in [4.78, 5) is 11.5. The van der Waals surface area contributed by atoms with E-state index in [4.69, 9.17) is 0 Å². The Balaban J connectivity index is 0.000000956. The maximum atomic E-state index is 12.2. The summed E-state index contributed by atoms with van der Waals surface area (Å²) in [7, 11) is 0. The minimum Gasteiger partial charge on any atom is -0.354 e. The van der Waals surface area contributed by atoms with Gasteiger partial charge in [0.2, 0.25) is 0 Å². The lowest BCUT2D eigenvalue weighted by Gasteiger charge is -2.35. The molecule has 7 heteroatoms. The molecule has 0 saturated carbocycles. The molecule has 1 aromatic heterocycles. The van der Waals surface area contributed by atoms with Crippen molar-refractivity contribution in [3.8, 4) is 0 Å². The number of hydrogen-bond donors (Lipinski definition) is 0. The lowest BCUT2D eigenvalue weighted by atomic mass is 10.3. The number of nitrogens with zero attached hydrogens (tertiary/aromatic N) is 4. The molecule has 114 valence electrons. The summed E-state index contributed by atoms with van der Waals surface area (Å²) < 4.78 is 36.7. The van der Waals surface area contributed by atoms with E-state index in [1.165, 1.54) is 11.2 Å². The third-order valence-electron chi connectivity index (χ3n) is 2.89. The van der Waals surface area contributed by atoms with Crippen molar-refractivity contribution in [3.63, 3.8) is 0 Å². The van der Waals surface area contributed by atoms with Crippen LogP contribution < -0.4 is 4.90 Å². The average molecular weight is 290 g/mol. The SMILES string of the molecule is CC.Cc1cc(N2CCN(CC(F)(F)F)CC2)ncn1. The summed E-state index contributed by atoms with van der Waals surface area (Å²) in [5.41, 5.74) is 0.859. The Kier molecular flexibility index (Phi) is 6.19. The molecule has 0 spiro atoms. The van der Waals surface area contributed by atoms with E-state index >= 15 is 0 Å². The van der Waals surface area contributed by atoms with Gasteiger partial charge in [0.05, 0.1) is 6.54 Å². The van der Waals surface area contributed by atoms with Gasteiger partial charge in [-0.3, -0.25) is 4.90 Å². The zero-order valence-corrected chi connectivity index (χ0v) is 12.1. The molecule has 1 aromatic rings. The maximum Gasteiger partial charge on any atom is 0.401 e.